The van der Waals surface area contributed by atoms with Gasteiger partial charge in [-0.2, -0.15) is 0 Å². The number of nitrogens with one attached hydrogen (secondary N) is 1. The highest BCUT2D eigenvalue weighted by Gasteiger charge is 2.20. The fourth-order valence-electron chi connectivity index (χ4n) is 10.3. The number of esters is 1. The van der Waals surface area contributed by atoms with E-state index in [-0.39, 0.29) is 18.5 Å². The van der Waals surface area contributed by atoms with Crippen LogP contribution in [0.15, 0.2) is 36.5 Å². The third kappa shape index (κ3) is 59.3. The summed E-state index contributed by atoms with van der Waals surface area (Å²) in [6, 6.07) is -0.549. The van der Waals surface area contributed by atoms with Crippen LogP contribution >= 0.6 is 0 Å². The first-order valence-electron chi connectivity index (χ1n) is 33.2. The first-order chi connectivity index (χ1) is 36.5. The zero-order chi connectivity index (χ0) is 53.6. The summed E-state index contributed by atoms with van der Waals surface area (Å²) < 4.78 is 5.49. The molecule has 0 rings (SSSR count). The Morgan fingerprint density at radius 3 is 1.05 bits per heavy atom. The van der Waals surface area contributed by atoms with Crippen LogP contribution in [0.4, 0.5) is 0 Å². The quantitative estimate of drug-likeness (QED) is 0.0320. The van der Waals surface area contributed by atoms with E-state index in [2.05, 4.69) is 55.6 Å². The number of carbonyl (C=O) groups excluding carboxylic acids is 2. The fraction of sp³-hybridized carbons (Fsp3) is 0.882. The van der Waals surface area contributed by atoms with Crippen molar-refractivity contribution in [3.63, 3.8) is 0 Å². The van der Waals surface area contributed by atoms with Crippen LogP contribution in [0.3, 0.4) is 0 Å². The molecule has 0 aliphatic rings. The van der Waals surface area contributed by atoms with Gasteiger partial charge in [0.2, 0.25) is 5.91 Å². The lowest BCUT2D eigenvalue weighted by Crippen LogP contribution is -2.45. The molecule has 0 fully saturated rings. The molecule has 74 heavy (non-hydrogen) atoms. The highest BCUT2D eigenvalue weighted by atomic mass is 16.5. The largest absolute Gasteiger partial charge is 0.466 e. The molecule has 436 valence electrons. The number of ether oxygens (including phenoxy) is 1. The molecule has 3 N–H and O–H groups in total. The number of allylic oxidation sites excluding steroid dienone is 6. The molecule has 6 nitrogen and oxygen atoms in total. The van der Waals surface area contributed by atoms with Crippen molar-refractivity contribution in [3.05, 3.63) is 36.5 Å². The summed E-state index contributed by atoms with van der Waals surface area (Å²) in [7, 11) is 0. The Bertz CT molecular complexity index is 1200. The predicted molar refractivity (Wildman–Crippen MR) is 324 cm³/mol. The SMILES string of the molecule is CCCCCC/C=C\C/C=C\CCCCCCCCCC(=O)OCCCCCCCCCCC/C=C\CCCCCCCCCC(=O)NC(CO)C(O)CCCCCCCCCCCCCCCCCCCCC. The van der Waals surface area contributed by atoms with Crippen molar-refractivity contribution in [3.8, 4) is 0 Å². The van der Waals surface area contributed by atoms with Gasteiger partial charge in [0, 0.05) is 12.8 Å². The van der Waals surface area contributed by atoms with Crippen molar-refractivity contribution < 1.29 is 24.5 Å². The summed E-state index contributed by atoms with van der Waals surface area (Å²) in [5, 5.41) is 23.4. The molecule has 0 radical (unpaired) electrons. The van der Waals surface area contributed by atoms with Gasteiger partial charge in [-0.25, -0.2) is 0 Å². The number of aliphatic hydroxyl groups is 2. The number of aliphatic hydroxyl groups excluding tert-OH is 2. The van der Waals surface area contributed by atoms with E-state index in [1.54, 1.807) is 0 Å². The van der Waals surface area contributed by atoms with Gasteiger partial charge in [-0.05, 0) is 83.5 Å². The van der Waals surface area contributed by atoms with Crippen LogP contribution in [0.2, 0.25) is 0 Å². The molecule has 0 spiro atoms. The van der Waals surface area contributed by atoms with Crippen LogP contribution in [-0.4, -0.2) is 47.4 Å². The predicted octanol–water partition coefficient (Wildman–Crippen LogP) is 21.1. The zero-order valence-corrected chi connectivity index (χ0v) is 49.8. The Morgan fingerprint density at radius 1 is 0.378 bits per heavy atom. The summed E-state index contributed by atoms with van der Waals surface area (Å²) in [6.45, 7) is 4.95. The second kappa shape index (κ2) is 63.6. The lowest BCUT2D eigenvalue weighted by atomic mass is 10.0. The van der Waals surface area contributed by atoms with Crippen molar-refractivity contribution in [1.29, 1.82) is 0 Å². The summed E-state index contributed by atoms with van der Waals surface area (Å²) in [5.74, 6) is -0.0415. The number of hydrogen-bond donors (Lipinski definition) is 3. The Morgan fingerprint density at radius 2 is 0.676 bits per heavy atom. The molecule has 0 heterocycles. The van der Waals surface area contributed by atoms with E-state index >= 15 is 0 Å². The van der Waals surface area contributed by atoms with Crippen molar-refractivity contribution in [2.75, 3.05) is 13.2 Å². The minimum absolute atomic E-state index is 0.000586. The molecule has 0 aromatic rings. The first kappa shape index (κ1) is 72.1. The number of rotatable bonds is 62. The van der Waals surface area contributed by atoms with Crippen LogP contribution in [0.25, 0.3) is 0 Å². The van der Waals surface area contributed by atoms with E-state index in [0.717, 1.165) is 51.4 Å². The van der Waals surface area contributed by atoms with Crippen LogP contribution in [0.1, 0.15) is 361 Å². The molecule has 0 aliphatic carbocycles. The third-order valence-electron chi connectivity index (χ3n) is 15.4. The van der Waals surface area contributed by atoms with Gasteiger partial charge in [0.15, 0.2) is 0 Å². The van der Waals surface area contributed by atoms with E-state index in [1.807, 2.05) is 0 Å². The molecule has 0 bridgehead atoms. The van der Waals surface area contributed by atoms with Crippen molar-refractivity contribution in [1.82, 2.24) is 5.32 Å². The fourth-order valence-corrected chi connectivity index (χ4v) is 10.3. The average molecular weight is 1040 g/mol. The highest BCUT2D eigenvalue weighted by Crippen LogP contribution is 2.18. The maximum Gasteiger partial charge on any atom is 0.305 e. The van der Waals surface area contributed by atoms with Gasteiger partial charge in [-0.1, -0.05) is 301 Å². The molecular weight excluding hydrogens is 911 g/mol. The van der Waals surface area contributed by atoms with Gasteiger partial charge in [-0.3, -0.25) is 9.59 Å². The van der Waals surface area contributed by atoms with Crippen molar-refractivity contribution in [2.45, 2.75) is 373 Å². The monoisotopic (exact) mass is 1040 g/mol. The number of amides is 1. The Labute approximate surface area is 462 Å². The van der Waals surface area contributed by atoms with Crippen LogP contribution in [0.5, 0.6) is 0 Å². The molecule has 1 amide bonds. The van der Waals surface area contributed by atoms with E-state index in [1.165, 1.54) is 276 Å². The van der Waals surface area contributed by atoms with Crippen molar-refractivity contribution in [2.24, 2.45) is 0 Å². The molecule has 0 aliphatic heterocycles. The molecule has 2 unspecified atom stereocenters. The van der Waals surface area contributed by atoms with Gasteiger partial charge < -0.3 is 20.3 Å². The maximum atomic E-state index is 12.5. The van der Waals surface area contributed by atoms with Crippen molar-refractivity contribution >= 4 is 11.9 Å². The second-order valence-electron chi connectivity index (χ2n) is 22.8. The Hall–Kier alpha value is -1.92. The highest BCUT2D eigenvalue weighted by molar-refractivity contribution is 5.76. The molecule has 0 aromatic heterocycles. The minimum atomic E-state index is -0.671. The topological polar surface area (TPSA) is 95.9 Å². The van der Waals surface area contributed by atoms with Gasteiger partial charge in [0.05, 0.1) is 25.4 Å². The lowest BCUT2D eigenvalue weighted by molar-refractivity contribution is -0.143. The van der Waals surface area contributed by atoms with Crippen LogP contribution in [0, 0.1) is 0 Å². The molecule has 2 atom stereocenters. The lowest BCUT2D eigenvalue weighted by Gasteiger charge is -2.22. The molecule has 6 heteroatoms. The molecule has 0 saturated carbocycles. The number of unbranched alkanes of at least 4 members (excludes halogenated alkanes) is 45. The summed E-state index contributed by atoms with van der Waals surface area (Å²) in [6.07, 6.45) is 80.2. The third-order valence-corrected chi connectivity index (χ3v) is 15.4. The second-order valence-corrected chi connectivity index (χ2v) is 22.8. The summed E-state index contributed by atoms with van der Waals surface area (Å²) in [5.41, 5.74) is 0. The summed E-state index contributed by atoms with van der Waals surface area (Å²) in [4.78, 5) is 24.6. The van der Waals surface area contributed by atoms with Crippen LogP contribution < -0.4 is 5.32 Å². The van der Waals surface area contributed by atoms with E-state index in [4.69, 9.17) is 4.74 Å². The Kier molecular flexibility index (Phi) is 62.0. The van der Waals surface area contributed by atoms with Gasteiger partial charge >= 0.3 is 5.97 Å². The van der Waals surface area contributed by atoms with Gasteiger partial charge in [0.25, 0.3) is 0 Å². The number of carbonyl (C=O) groups is 2. The van der Waals surface area contributed by atoms with E-state index < -0.39 is 12.1 Å². The molecule has 0 aromatic carbocycles. The first-order valence-corrected chi connectivity index (χ1v) is 33.2. The molecule has 0 saturated heterocycles. The smallest absolute Gasteiger partial charge is 0.305 e. The zero-order valence-electron chi connectivity index (χ0n) is 49.8. The molecular formula is C68H129NO5. The van der Waals surface area contributed by atoms with Gasteiger partial charge in [-0.15, -0.1) is 0 Å². The van der Waals surface area contributed by atoms with Crippen LogP contribution in [-0.2, 0) is 14.3 Å². The standard InChI is InChI=1S/C68H129NO5/c1-3-5-7-9-11-13-15-17-19-21-25-28-32-36-40-44-48-52-56-60-66(71)65(64-70)69-67(72)61-57-53-49-45-41-37-33-29-26-23-24-27-31-35-39-43-47-51-55-59-63-74-68(73)62-58-54-50-46-42-38-34-30-22-20-18-16-14-12-10-8-6-4-2/h14,16,20,22-23,26,65-66,70-71H,3-13,15,17-19,21,24-25,27-64H2,1-2H3,(H,69,72)/b16-14-,22-20-,26-23-. The Balaban J connectivity index is 3.43. The number of hydrogen-bond acceptors (Lipinski definition) is 5. The summed E-state index contributed by atoms with van der Waals surface area (Å²) >= 11 is 0. The van der Waals surface area contributed by atoms with E-state index in [0.29, 0.717) is 25.9 Å². The van der Waals surface area contributed by atoms with Gasteiger partial charge in [0.1, 0.15) is 0 Å². The average Bonchev–Trinajstić information content (AvgIpc) is 3.40. The maximum absolute atomic E-state index is 12.5. The van der Waals surface area contributed by atoms with E-state index in [9.17, 15) is 19.8 Å². The minimum Gasteiger partial charge on any atom is -0.466 e. The normalized spacial score (nSPS) is 12.8.